The second-order valence-corrected chi connectivity index (χ2v) is 4.76. The molecule has 0 atom stereocenters. The molecule has 0 bridgehead atoms. The van der Waals surface area contributed by atoms with Gasteiger partial charge >= 0.3 is 0 Å². The number of rotatable bonds is 4. The molecule has 1 aromatic rings. The minimum Gasteiger partial charge on any atom is -0.391 e. The van der Waals surface area contributed by atoms with Crippen molar-refractivity contribution in [3.63, 3.8) is 0 Å². The molecule has 21 heavy (non-hydrogen) atoms. The summed E-state index contributed by atoms with van der Waals surface area (Å²) in [4.78, 5) is 4.63. The van der Waals surface area contributed by atoms with Crippen molar-refractivity contribution < 1.29 is 0 Å². The van der Waals surface area contributed by atoms with Crippen LogP contribution in [-0.2, 0) is 0 Å². The maximum absolute atomic E-state index is 4.63. The summed E-state index contributed by atoms with van der Waals surface area (Å²) in [6.07, 6.45) is 9.25. The molecule has 4 nitrogen and oxygen atoms in total. The fourth-order valence-corrected chi connectivity index (χ4v) is 2.10. The summed E-state index contributed by atoms with van der Waals surface area (Å²) in [5.41, 5.74) is 4.16. The second-order valence-electron chi connectivity index (χ2n) is 4.76. The second kappa shape index (κ2) is 7.33. The van der Waals surface area contributed by atoms with Crippen molar-refractivity contribution in [3.8, 4) is 0 Å². The lowest BCUT2D eigenvalue weighted by molar-refractivity contribution is 0.941. The molecule has 0 amide bonds. The van der Waals surface area contributed by atoms with Gasteiger partial charge in [-0.05, 0) is 37.3 Å². The number of hydrogen-bond acceptors (Lipinski definition) is 3. The van der Waals surface area contributed by atoms with Gasteiger partial charge in [0.25, 0.3) is 0 Å². The Morgan fingerprint density at radius 1 is 1.10 bits per heavy atom. The minimum atomic E-state index is 0.856. The molecule has 0 saturated carbocycles. The minimum absolute atomic E-state index is 0.856. The predicted octanol–water partition coefficient (Wildman–Crippen LogP) is 3.31. The lowest BCUT2D eigenvalue weighted by Gasteiger charge is -2.08. The number of anilines is 1. The Kier molecular flexibility index (Phi) is 5.21. The highest BCUT2D eigenvalue weighted by atomic mass is 15.0. The zero-order valence-corrected chi connectivity index (χ0v) is 12.8. The molecule has 2 rings (SSSR count). The van der Waals surface area contributed by atoms with E-state index >= 15 is 0 Å². The Hall–Kier alpha value is -2.49. The van der Waals surface area contributed by atoms with Crippen molar-refractivity contribution in [2.75, 3.05) is 19.4 Å². The van der Waals surface area contributed by atoms with Gasteiger partial charge in [-0.25, -0.2) is 4.99 Å². The lowest BCUT2D eigenvalue weighted by atomic mass is 10.2. The van der Waals surface area contributed by atoms with Crippen LogP contribution < -0.4 is 16.0 Å². The van der Waals surface area contributed by atoms with Gasteiger partial charge in [-0.15, -0.1) is 0 Å². The average molecular weight is 282 g/mol. The van der Waals surface area contributed by atoms with E-state index in [1.807, 2.05) is 45.3 Å². The summed E-state index contributed by atoms with van der Waals surface area (Å²) < 4.78 is 0. The number of nitrogens with zero attached hydrogens (tertiary/aromatic N) is 1. The highest BCUT2D eigenvalue weighted by molar-refractivity contribution is 5.86. The molecular weight excluding hydrogens is 260 g/mol. The number of aliphatic imine (C=N–C) groups is 1. The molecule has 0 radical (unpaired) electrons. The predicted molar refractivity (Wildman–Crippen MR) is 90.9 cm³/mol. The normalized spacial score (nSPS) is 14.9. The number of para-hydroxylation sites is 2. The van der Waals surface area contributed by atoms with E-state index in [1.165, 1.54) is 5.70 Å². The van der Waals surface area contributed by atoms with E-state index < -0.39 is 0 Å². The Morgan fingerprint density at radius 3 is 2.67 bits per heavy atom. The van der Waals surface area contributed by atoms with E-state index in [-0.39, 0.29) is 0 Å². The van der Waals surface area contributed by atoms with E-state index in [0.717, 1.165) is 29.3 Å². The van der Waals surface area contributed by atoms with Gasteiger partial charge in [0.2, 0.25) is 0 Å². The van der Waals surface area contributed by atoms with Gasteiger partial charge in [0.15, 0.2) is 0 Å². The van der Waals surface area contributed by atoms with Gasteiger partial charge in [-0.3, -0.25) is 0 Å². The van der Waals surface area contributed by atoms with Crippen LogP contribution in [0.5, 0.6) is 0 Å². The molecule has 0 spiro atoms. The van der Waals surface area contributed by atoms with Crippen LogP contribution in [-0.4, -0.2) is 19.9 Å². The van der Waals surface area contributed by atoms with Gasteiger partial charge in [0, 0.05) is 31.9 Å². The Labute approximate surface area is 126 Å². The van der Waals surface area contributed by atoms with Crippen LogP contribution in [0.25, 0.3) is 0 Å². The van der Waals surface area contributed by atoms with Crippen LogP contribution in [0.1, 0.15) is 13.3 Å². The smallest absolute Gasteiger partial charge is 0.104 e. The summed E-state index contributed by atoms with van der Waals surface area (Å²) in [5.74, 6) is 0.856. The van der Waals surface area contributed by atoms with Crippen LogP contribution >= 0.6 is 0 Å². The standard InChI is InChI=1S/C17H22N4/c1-13(21-17-10-5-4-9-16(17)19-3)20-15-8-6-7-14(18-2)11-12-15/h4-6,8-12,18-19H,7H2,1-3H3,(H,20,21). The number of nitrogens with one attached hydrogen (secondary N) is 3. The molecule has 1 aromatic carbocycles. The van der Waals surface area contributed by atoms with Gasteiger partial charge in [-0.2, -0.15) is 0 Å². The van der Waals surface area contributed by atoms with E-state index in [0.29, 0.717) is 0 Å². The first-order valence-electron chi connectivity index (χ1n) is 7.07. The molecule has 0 aromatic heterocycles. The molecule has 0 heterocycles. The monoisotopic (exact) mass is 282 g/mol. The van der Waals surface area contributed by atoms with E-state index in [1.54, 1.807) is 0 Å². The lowest BCUT2D eigenvalue weighted by Crippen LogP contribution is -2.18. The van der Waals surface area contributed by atoms with Crippen molar-refractivity contribution in [3.05, 3.63) is 60.0 Å². The molecule has 0 fully saturated rings. The topological polar surface area (TPSA) is 48.5 Å². The fourth-order valence-electron chi connectivity index (χ4n) is 2.10. The summed E-state index contributed by atoms with van der Waals surface area (Å²) in [5, 5.41) is 9.65. The largest absolute Gasteiger partial charge is 0.391 e. The van der Waals surface area contributed by atoms with Crippen LogP contribution in [0.3, 0.4) is 0 Å². The first-order chi connectivity index (χ1) is 10.2. The quantitative estimate of drug-likeness (QED) is 0.586. The zero-order valence-electron chi connectivity index (χ0n) is 12.8. The first kappa shape index (κ1) is 14.9. The third-order valence-electron chi connectivity index (χ3n) is 3.21. The third-order valence-corrected chi connectivity index (χ3v) is 3.21. The number of hydrogen-bond donors (Lipinski definition) is 3. The van der Waals surface area contributed by atoms with Gasteiger partial charge in [0.05, 0.1) is 11.4 Å². The molecule has 1 aliphatic carbocycles. The molecule has 0 aliphatic heterocycles. The molecular formula is C17H22N4. The number of allylic oxidation sites excluding steroid dienone is 4. The summed E-state index contributed by atoms with van der Waals surface area (Å²) in [7, 11) is 3.84. The van der Waals surface area contributed by atoms with Crippen LogP contribution in [0, 0.1) is 0 Å². The number of benzene rings is 1. The van der Waals surface area contributed by atoms with Crippen molar-refractivity contribution in [2.24, 2.45) is 4.99 Å². The van der Waals surface area contributed by atoms with Crippen LogP contribution in [0.2, 0.25) is 0 Å². The highest BCUT2D eigenvalue weighted by Gasteiger charge is 2.01. The number of amidine groups is 1. The molecule has 0 unspecified atom stereocenters. The Bertz CT molecular complexity index is 609. The van der Waals surface area contributed by atoms with E-state index in [4.69, 9.17) is 0 Å². The molecule has 1 aliphatic rings. The summed E-state index contributed by atoms with van der Waals surface area (Å²) in [6.45, 7) is 1.97. The van der Waals surface area contributed by atoms with Gasteiger partial charge in [-0.1, -0.05) is 18.2 Å². The van der Waals surface area contributed by atoms with Crippen molar-refractivity contribution in [1.82, 2.24) is 10.6 Å². The maximum Gasteiger partial charge on any atom is 0.104 e. The first-order valence-corrected chi connectivity index (χ1v) is 7.07. The SMILES string of the molecule is CNC1=CC=C(N/C(C)=N/c2ccccc2NC)C=CC1. The van der Waals surface area contributed by atoms with E-state index in [2.05, 4.69) is 45.2 Å². The van der Waals surface area contributed by atoms with Crippen LogP contribution in [0.4, 0.5) is 11.4 Å². The van der Waals surface area contributed by atoms with Crippen molar-refractivity contribution >= 4 is 17.2 Å². The van der Waals surface area contributed by atoms with E-state index in [9.17, 15) is 0 Å². The molecule has 0 saturated heterocycles. The highest BCUT2D eigenvalue weighted by Crippen LogP contribution is 2.23. The van der Waals surface area contributed by atoms with Gasteiger partial charge < -0.3 is 16.0 Å². The fraction of sp³-hybridized carbons (Fsp3) is 0.235. The van der Waals surface area contributed by atoms with Crippen LogP contribution in [0.15, 0.2) is 65.0 Å². The summed E-state index contributed by atoms with van der Waals surface area (Å²) in [6, 6.07) is 7.99. The summed E-state index contributed by atoms with van der Waals surface area (Å²) >= 11 is 0. The molecule has 4 heteroatoms. The molecule has 3 N–H and O–H groups in total. The Balaban J connectivity index is 2.14. The van der Waals surface area contributed by atoms with Gasteiger partial charge in [0.1, 0.15) is 5.84 Å². The zero-order chi connectivity index (χ0) is 15.1. The maximum atomic E-state index is 4.63. The van der Waals surface area contributed by atoms with Crippen molar-refractivity contribution in [1.29, 1.82) is 0 Å². The molecule has 110 valence electrons. The van der Waals surface area contributed by atoms with Crippen molar-refractivity contribution in [2.45, 2.75) is 13.3 Å². The Morgan fingerprint density at radius 2 is 1.90 bits per heavy atom. The third kappa shape index (κ3) is 4.24. The average Bonchev–Trinajstić information content (AvgIpc) is 2.73.